The first-order valence-corrected chi connectivity index (χ1v) is 6.37. The summed E-state index contributed by atoms with van der Waals surface area (Å²) >= 11 is 1.38. The number of anilines is 1. The van der Waals surface area contributed by atoms with Crippen LogP contribution in [0.15, 0.2) is 22.8 Å². The Morgan fingerprint density at radius 1 is 1.50 bits per heavy atom. The monoisotopic (exact) mass is 266 g/mol. The van der Waals surface area contributed by atoms with Gasteiger partial charge in [-0.25, -0.2) is 4.79 Å². The van der Waals surface area contributed by atoms with Gasteiger partial charge in [-0.2, -0.15) is 0 Å². The molecule has 0 saturated heterocycles. The Labute approximate surface area is 108 Å². The second-order valence-corrected chi connectivity index (χ2v) is 5.00. The highest BCUT2D eigenvalue weighted by Gasteiger charge is 2.10. The fraction of sp³-hybridized carbons (Fsp3) is 0.364. The van der Waals surface area contributed by atoms with Crippen LogP contribution in [0.2, 0.25) is 0 Å². The molecule has 0 fully saturated rings. The molecule has 2 aromatic rings. The Bertz CT molecular complexity index is 507. The van der Waals surface area contributed by atoms with Crippen molar-refractivity contribution in [1.82, 2.24) is 15.5 Å². The third-order valence-corrected chi connectivity index (χ3v) is 3.30. The minimum absolute atomic E-state index is 0.309. The zero-order chi connectivity index (χ0) is 13.0. The molecule has 0 atom stereocenters. The summed E-state index contributed by atoms with van der Waals surface area (Å²) in [5, 5.41) is 14.6. The fourth-order valence-electron chi connectivity index (χ4n) is 1.24. The van der Waals surface area contributed by atoms with E-state index in [1.807, 2.05) is 13.8 Å². The maximum atomic E-state index is 11.6. The number of hydrogen-bond donors (Lipinski definition) is 2. The van der Waals surface area contributed by atoms with Crippen molar-refractivity contribution in [2.45, 2.75) is 26.3 Å². The average molecular weight is 266 g/mol. The standard InChI is InChI=1S/C11H14N4O2S/c1-7(2)9-14-15-11(18-9)13-10(16)12-6-8-4-3-5-17-8/h3-5,7H,6H2,1-2H3,(H2,12,13,15,16). The van der Waals surface area contributed by atoms with Gasteiger partial charge < -0.3 is 9.73 Å². The molecule has 0 spiro atoms. The number of furan rings is 1. The Kier molecular flexibility index (Phi) is 3.93. The van der Waals surface area contributed by atoms with Crippen molar-refractivity contribution in [2.75, 3.05) is 5.32 Å². The number of nitrogens with one attached hydrogen (secondary N) is 2. The summed E-state index contributed by atoms with van der Waals surface area (Å²) in [5.41, 5.74) is 0. The summed E-state index contributed by atoms with van der Waals surface area (Å²) in [4.78, 5) is 11.6. The summed E-state index contributed by atoms with van der Waals surface area (Å²) in [7, 11) is 0. The third kappa shape index (κ3) is 3.30. The average Bonchev–Trinajstić information content (AvgIpc) is 2.96. The van der Waals surface area contributed by atoms with Gasteiger partial charge in [0.1, 0.15) is 10.8 Å². The first-order valence-electron chi connectivity index (χ1n) is 5.56. The lowest BCUT2D eigenvalue weighted by molar-refractivity contribution is 0.251. The van der Waals surface area contributed by atoms with E-state index in [9.17, 15) is 4.79 Å². The first kappa shape index (κ1) is 12.6. The van der Waals surface area contributed by atoms with Gasteiger partial charge in [0.05, 0.1) is 12.8 Å². The molecule has 0 saturated carbocycles. The van der Waals surface area contributed by atoms with E-state index in [4.69, 9.17) is 4.42 Å². The van der Waals surface area contributed by atoms with Gasteiger partial charge in [-0.15, -0.1) is 10.2 Å². The van der Waals surface area contributed by atoms with Gasteiger partial charge in [-0.3, -0.25) is 5.32 Å². The number of aromatic nitrogens is 2. The van der Waals surface area contributed by atoms with Crippen molar-refractivity contribution in [3.05, 3.63) is 29.2 Å². The van der Waals surface area contributed by atoms with E-state index in [0.29, 0.717) is 23.4 Å². The van der Waals surface area contributed by atoms with Crippen molar-refractivity contribution >= 4 is 22.5 Å². The van der Waals surface area contributed by atoms with Gasteiger partial charge >= 0.3 is 6.03 Å². The van der Waals surface area contributed by atoms with Crippen LogP contribution in [0.1, 0.15) is 30.5 Å². The van der Waals surface area contributed by atoms with Crippen LogP contribution >= 0.6 is 11.3 Å². The number of hydrogen-bond acceptors (Lipinski definition) is 5. The van der Waals surface area contributed by atoms with E-state index in [1.165, 1.54) is 11.3 Å². The van der Waals surface area contributed by atoms with Gasteiger partial charge in [0, 0.05) is 5.92 Å². The predicted molar refractivity (Wildman–Crippen MR) is 68.6 cm³/mol. The van der Waals surface area contributed by atoms with Crippen LogP contribution in [0.5, 0.6) is 0 Å². The summed E-state index contributed by atoms with van der Waals surface area (Å²) < 4.78 is 5.10. The van der Waals surface area contributed by atoms with Gasteiger partial charge in [0.2, 0.25) is 5.13 Å². The Morgan fingerprint density at radius 3 is 2.94 bits per heavy atom. The zero-order valence-electron chi connectivity index (χ0n) is 10.1. The molecule has 18 heavy (non-hydrogen) atoms. The van der Waals surface area contributed by atoms with Crippen LogP contribution in [-0.4, -0.2) is 16.2 Å². The van der Waals surface area contributed by atoms with Crippen LogP contribution < -0.4 is 10.6 Å². The van der Waals surface area contributed by atoms with E-state index >= 15 is 0 Å². The molecule has 0 aromatic carbocycles. The van der Waals surface area contributed by atoms with E-state index in [0.717, 1.165) is 5.01 Å². The molecule has 2 aromatic heterocycles. The Morgan fingerprint density at radius 2 is 2.33 bits per heavy atom. The van der Waals surface area contributed by atoms with Crippen molar-refractivity contribution in [3.63, 3.8) is 0 Å². The number of carbonyl (C=O) groups is 1. The second kappa shape index (κ2) is 5.63. The van der Waals surface area contributed by atoms with Crippen molar-refractivity contribution < 1.29 is 9.21 Å². The SMILES string of the molecule is CC(C)c1nnc(NC(=O)NCc2ccco2)s1. The molecular formula is C11H14N4O2S. The zero-order valence-corrected chi connectivity index (χ0v) is 11.0. The van der Waals surface area contributed by atoms with E-state index < -0.39 is 0 Å². The highest BCUT2D eigenvalue weighted by molar-refractivity contribution is 7.15. The largest absolute Gasteiger partial charge is 0.467 e. The van der Waals surface area contributed by atoms with Gasteiger partial charge in [-0.1, -0.05) is 25.2 Å². The van der Waals surface area contributed by atoms with E-state index in [1.54, 1.807) is 18.4 Å². The minimum atomic E-state index is -0.321. The molecule has 2 amide bonds. The van der Waals surface area contributed by atoms with Crippen molar-refractivity contribution in [3.8, 4) is 0 Å². The highest BCUT2D eigenvalue weighted by Crippen LogP contribution is 2.22. The summed E-state index contributed by atoms with van der Waals surface area (Å²) in [6.45, 7) is 4.40. The molecule has 0 aliphatic heterocycles. The second-order valence-electron chi connectivity index (χ2n) is 3.99. The molecule has 7 heteroatoms. The van der Waals surface area contributed by atoms with Crippen LogP contribution in [0.3, 0.4) is 0 Å². The van der Waals surface area contributed by atoms with Crippen LogP contribution in [0, 0.1) is 0 Å². The maximum Gasteiger partial charge on any atom is 0.321 e. The van der Waals surface area contributed by atoms with Gasteiger partial charge in [0.15, 0.2) is 0 Å². The number of urea groups is 1. The Balaban J connectivity index is 1.83. The summed E-state index contributed by atoms with van der Waals surface area (Å²) in [6.07, 6.45) is 1.56. The molecule has 0 aliphatic rings. The number of nitrogens with zero attached hydrogens (tertiary/aromatic N) is 2. The smallest absolute Gasteiger partial charge is 0.321 e. The third-order valence-electron chi connectivity index (χ3n) is 2.16. The molecule has 0 radical (unpaired) electrons. The summed E-state index contributed by atoms with van der Waals surface area (Å²) in [6, 6.07) is 3.24. The number of carbonyl (C=O) groups excluding carboxylic acids is 1. The van der Waals surface area contributed by atoms with E-state index in [-0.39, 0.29) is 6.03 Å². The summed E-state index contributed by atoms with van der Waals surface area (Å²) in [5.74, 6) is 1.01. The molecule has 2 N–H and O–H groups in total. The number of amides is 2. The lowest BCUT2D eigenvalue weighted by Crippen LogP contribution is -2.27. The van der Waals surface area contributed by atoms with E-state index in [2.05, 4.69) is 20.8 Å². The molecule has 0 aliphatic carbocycles. The molecule has 2 rings (SSSR count). The molecule has 0 bridgehead atoms. The Hall–Kier alpha value is -1.89. The quantitative estimate of drug-likeness (QED) is 0.891. The fourth-order valence-corrected chi connectivity index (χ4v) is 1.98. The molecule has 0 unspecified atom stereocenters. The van der Waals surface area contributed by atoms with Gasteiger partial charge in [-0.05, 0) is 12.1 Å². The van der Waals surface area contributed by atoms with Gasteiger partial charge in [0.25, 0.3) is 0 Å². The van der Waals surface area contributed by atoms with Crippen molar-refractivity contribution in [1.29, 1.82) is 0 Å². The first-order chi connectivity index (χ1) is 8.65. The minimum Gasteiger partial charge on any atom is -0.467 e. The maximum absolute atomic E-state index is 11.6. The molecule has 96 valence electrons. The normalized spacial score (nSPS) is 10.6. The molecule has 2 heterocycles. The topological polar surface area (TPSA) is 80.0 Å². The van der Waals surface area contributed by atoms with Crippen LogP contribution in [0.4, 0.5) is 9.93 Å². The van der Waals surface area contributed by atoms with Crippen molar-refractivity contribution in [2.24, 2.45) is 0 Å². The number of rotatable bonds is 4. The molecular weight excluding hydrogens is 252 g/mol. The van der Waals surface area contributed by atoms with Crippen LogP contribution in [-0.2, 0) is 6.54 Å². The highest BCUT2D eigenvalue weighted by atomic mass is 32.1. The predicted octanol–water partition coefficient (Wildman–Crippen LogP) is 2.58. The molecule has 6 nitrogen and oxygen atoms in total. The lowest BCUT2D eigenvalue weighted by Gasteiger charge is -2.02. The van der Waals surface area contributed by atoms with Crippen LogP contribution in [0.25, 0.3) is 0 Å². The lowest BCUT2D eigenvalue weighted by atomic mass is 10.2.